The predicted molar refractivity (Wildman–Crippen MR) is 86.8 cm³/mol. The van der Waals surface area contributed by atoms with Gasteiger partial charge in [-0.2, -0.15) is 18.3 Å². The number of halogens is 5. The largest absolute Gasteiger partial charge is 0.465 e. The Bertz CT molecular complexity index is 640. The molecule has 1 aromatic rings. The minimum Gasteiger partial charge on any atom is -0.465 e. The van der Waals surface area contributed by atoms with Crippen LogP contribution >= 0.6 is 0 Å². The molecule has 1 heterocycles. The van der Waals surface area contributed by atoms with Crippen LogP contribution in [-0.4, -0.2) is 33.1 Å². The van der Waals surface area contributed by atoms with Gasteiger partial charge in [-0.25, -0.2) is 13.6 Å². The summed E-state index contributed by atoms with van der Waals surface area (Å²) in [6.45, 7) is 6.83. The van der Waals surface area contributed by atoms with E-state index in [2.05, 4.69) is 10.4 Å². The third kappa shape index (κ3) is 5.84. The number of carboxylic acid groups (broad SMARTS) is 1. The van der Waals surface area contributed by atoms with Crippen molar-refractivity contribution in [2.75, 3.05) is 5.32 Å². The Hall–Kier alpha value is -1.87. The van der Waals surface area contributed by atoms with Gasteiger partial charge < -0.3 is 5.11 Å². The Morgan fingerprint density at radius 1 is 1.31 bits per heavy atom. The molecule has 2 N–H and O–H groups in total. The van der Waals surface area contributed by atoms with Gasteiger partial charge in [0.25, 0.3) is 0 Å². The monoisotopic (exact) mass is 385 g/mol. The minimum atomic E-state index is -3.96. The van der Waals surface area contributed by atoms with Gasteiger partial charge in [-0.15, -0.1) is 0 Å². The molecule has 26 heavy (non-hydrogen) atoms. The third-order valence-corrected chi connectivity index (χ3v) is 3.93. The van der Waals surface area contributed by atoms with Gasteiger partial charge in [-0.05, 0) is 5.41 Å². The van der Waals surface area contributed by atoms with Crippen LogP contribution in [0.5, 0.6) is 0 Å². The van der Waals surface area contributed by atoms with Crippen LogP contribution < -0.4 is 5.32 Å². The van der Waals surface area contributed by atoms with Gasteiger partial charge >= 0.3 is 12.3 Å². The van der Waals surface area contributed by atoms with Gasteiger partial charge in [0.05, 0.1) is 5.69 Å². The van der Waals surface area contributed by atoms with Crippen LogP contribution in [0.4, 0.5) is 32.6 Å². The van der Waals surface area contributed by atoms with Crippen molar-refractivity contribution in [1.29, 1.82) is 0 Å². The highest BCUT2D eigenvalue weighted by molar-refractivity contribution is 5.83. The lowest BCUT2D eigenvalue weighted by Crippen LogP contribution is -2.35. The van der Waals surface area contributed by atoms with Crippen molar-refractivity contribution in [3.8, 4) is 0 Å². The van der Waals surface area contributed by atoms with E-state index in [1.165, 1.54) is 4.68 Å². The van der Waals surface area contributed by atoms with Gasteiger partial charge in [-0.3, -0.25) is 10.00 Å². The van der Waals surface area contributed by atoms with Gasteiger partial charge in [0.1, 0.15) is 5.82 Å². The normalized spacial score (nSPS) is 17.2. The van der Waals surface area contributed by atoms with E-state index in [1.807, 2.05) is 20.8 Å². The van der Waals surface area contributed by atoms with Crippen LogP contribution in [0.3, 0.4) is 0 Å². The molecule has 0 aliphatic heterocycles. The summed E-state index contributed by atoms with van der Waals surface area (Å²) in [6.07, 6.45) is -6.32. The van der Waals surface area contributed by atoms with Crippen molar-refractivity contribution in [2.45, 2.75) is 70.4 Å². The first-order valence-corrected chi connectivity index (χ1v) is 8.09. The average molecular weight is 385 g/mol. The molecule has 1 fully saturated rings. The molecule has 1 aliphatic carbocycles. The zero-order chi connectivity index (χ0) is 20.5. The minimum absolute atomic E-state index is 0.223. The maximum Gasteiger partial charge on any atom is 0.410 e. The zero-order valence-corrected chi connectivity index (χ0v) is 15.3. The first kappa shape index (κ1) is 22.2. The molecule has 1 aromatic heterocycles. The number of carbonyl (C=O) groups is 1. The smallest absolute Gasteiger partial charge is 0.410 e. The summed E-state index contributed by atoms with van der Waals surface area (Å²) >= 11 is 0. The van der Waals surface area contributed by atoms with Crippen LogP contribution in [0, 0.1) is 0 Å². The van der Waals surface area contributed by atoms with E-state index in [9.17, 15) is 26.7 Å². The predicted octanol–water partition coefficient (Wildman–Crippen LogP) is 5.28. The van der Waals surface area contributed by atoms with Crippen LogP contribution in [0.1, 0.15) is 64.1 Å². The Labute approximate surface area is 148 Å². The summed E-state index contributed by atoms with van der Waals surface area (Å²) in [5.41, 5.74) is 0.893. The molecule has 0 bridgehead atoms. The molecular formula is C16H24F5N3O2. The number of alkyl halides is 5. The Morgan fingerprint density at radius 2 is 1.77 bits per heavy atom. The first-order valence-electron chi connectivity index (χ1n) is 8.09. The molecule has 0 saturated heterocycles. The fourth-order valence-electron chi connectivity index (χ4n) is 2.67. The Balaban J connectivity index is 0.000000487. The van der Waals surface area contributed by atoms with E-state index < -0.39 is 24.6 Å². The topological polar surface area (TPSA) is 67.2 Å². The molecule has 0 radical (unpaired) electrons. The maximum absolute atomic E-state index is 13.1. The van der Waals surface area contributed by atoms with Crippen molar-refractivity contribution >= 4 is 11.9 Å². The highest BCUT2D eigenvalue weighted by Crippen LogP contribution is 2.51. The molecule has 1 saturated carbocycles. The van der Waals surface area contributed by atoms with Gasteiger partial charge in [0, 0.05) is 37.8 Å². The first-order chi connectivity index (χ1) is 11.6. The van der Waals surface area contributed by atoms with E-state index in [0.717, 1.165) is 6.92 Å². The van der Waals surface area contributed by atoms with E-state index in [4.69, 9.17) is 5.11 Å². The van der Waals surface area contributed by atoms with Crippen molar-refractivity contribution < 1.29 is 31.9 Å². The number of amides is 1. The van der Waals surface area contributed by atoms with E-state index in [0.29, 0.717) is 17.1 Å². The fraction of sp³-hybridized carbons (Fsp3) is 0.750. The molecule has 10 heteroatoms. The summed E-state index contributed by atoms with van der Waals surface area (Å²) in [7, 11) is 1.61. The number of nitrogens with one attached hydrogen (secondary N) is 1. The van der Waals surface area contributed by atoms with Crippen LogP contribution in [0.25, 0.3) is 0 Å². The lowest BCUT2D eigenvalue weighted by atomic mass is 9.74. The van der Waals surface area contributed by atoms with Gasteiger partial charge in [0.15, 0.2) is 0 Å². The van der Waals surface area contributed by atoms with Crippen molar-refractivity contribution in [1.82, 2.24) is 9.78 Å². The number of nitrogens with zero attached hydrogens (tertiary/aromatic N) is 2. The van der Waals surface area contributed by atoms with E-state index in [1.54, 1.807) is 7.05 Å². The average Bonchev–Trinajstić information content (AvgIpc) is 2.72. The molecular weight excluding hydrogens is 361 g/mol. The standard InChI is InChI=1S/C13H19F2N3O2.C3H5F3/c1-12(2,3)8-9(7-5-13(14,15)6-7)17-18(4)10(8)16-11(19)20;1-2-3(4,5)6/h7,16H,5-6H2,1-4H3,(H,19,20);2H2,1H3. The Morgan fingerprint density at radius 3 is 2.08 bits per heavy atom. The second kappa shape index (κ2) is 7.40. The van der Waals surface area contributed by atoms with Gasteiger partial charge in [0.2, 0.25) is 5.92 Å². The highest BCUT2D eigenvalue weighted by Gasteiger charge is 2.49. The molecule has 0 atom stereocenters. The van der Waals surface area contributed by atoms with Crippen molar-refractivity contribution in [3.05, 3.63) is 11.3 Å². The zero-order valence-electron chi connectivity index (χ0n) is 15.3. The Kier molecular flexibility index (Phi) is 6.31. The van der Waals surface area contributed by atoms with E-state index in [-0.39, 0.29) is 24.2 Å². The second-order valence-electron chi connectivity index (χ2n) is 7.34. The number of rotatable bonds is 2. The molecule has 1 amide bonds. The second-order valence-corrected chi connectivity index (χ2v) is 7.34. The van der Waals surface area contributed by atoms with E-state index >= 15 is 0 Å². The molecule has 2 rings (SSSR count). The lowest BCUT2D eigenvalue weighted by Gasteiger charge is -2.35. The molecule has 0 spiro atoms. The number of aryl methyl sites for hydroxylation is 1. The summed E-state index contributed by atoms with van der Waals surface area (Å²) in [4.78, 5) is 10.9. The molecule has 0 aromatic carbocycles. The van der Waals surface area contributed by atoms with Crippen LogP contribution in [0.15, 0.2) is 0 Å². The fourth-order valence-corrected chi connectivity index (χ4v) is 2.67. The summed E-state index contributed by atoms with van der Waals surface area (Å²) in [6, 6.07) is 0. The maximum atomic E-state index is 13.1. The quantitative estimate of drug-likeness (QED) is 0.681. The molecule has 0 unspecified atom stereocenters. The lowest BCUT2D eigenvalue weighted by molar-refractivity contribution is -0.130. The van der Waals surface area contributed by atoms with Gasteiger partial charge in [-0.1, -0.05) is 27.7 Å². The summed E-state index contributed by atoms with van der Waals surface area (Å²) in [5, 5.41) is 15.5. The number of anilines is 1. The van der Waals surface area contributed by atoms with Crippen LogP contribution in [-0.2, 0) is 12.5 Å². The number of aromatic nitrogens is 2. The summed E-state index contributed by atoms with van der Waals surface area (Å²) < 4.78 is 59.9. The molecule has 150 valence electrons. The molecule has 5 nitrogen and oxygen atoms in total. The number of hydrogen-bond donors (Lipinski definition) is 2. The number of hydrogen-bond acceptors (Lipinski definition) is 2. The van der Waals surface area contributed by atoms with Crippen LogP contribution in [0.2, 0.25) is 0 Å². The van der Waals surface area contributed by atoms with Crippen molar-refractivity contribution in [2.24, 2.45) is 7.05 Å². The summed E-state index contributed by atoms with van der Waals surface area (Å²) in [5.74, 6) is -2.58. The SMILES string of the molecule is CCC(F)(F)F.Cn1nc(C2CC(F)(F)C2)c(C(C)(C)C)c1NC(=O)O. The molecule has 1 aliphatic rings. The highest BCUT2D eigenvalue weighted by atomic mass is 19.4. The van der Waals surface area contributed by atoms with Crippen molar-refractivity contribution in [3.63, 3.8) is 0 Å². The third-order valence-electron chi connectivity index (χ3n) is 3.93.